The second-order valence-electron chi connectivity index (χ2n) is 3.99. The Morgan fingerprint density at radius 3 is 2.39 bits per heavy atom. The van der Waals surface area contributed by atoms with Crippen LogP contribution >= 0.6 is 0 Å². The molecule has 2 rings (SSSR count). The second kappa shape index (κ2) is 4.34. The minimum Gasteiger partial charge on any atom is -0.370 e. The van der Waals surface area contributed by atoms with Gasteiger partial charge in [-0.3, -0.25) is 0 Å². The van der Waals surface area contributed by atoms with Crippen molar-refractivity contribution < 1.29 is 13.2 Å². The molecule has 0 aromatic heterocycles. The highest BCUT2D eigenvalue weighted by atomic mass is 19.1. The molecule has 0 radical (unpaired) electrons. The van der Waals surface area contributed by atoms with Crippen molar-refractivity contribution in [1.29, 1.82) is 0 Å². The standard InChI is InChI=1S/C11H11F3N4/c12-6-3-8(13)7(9(14)4-6)5-11(16)1-2-17-10(15)18-11/h1-4H,5,16H2,(H3,15,17,18). The maximum Gasteiger partial charge on any atom is 0.194 e. The predicted molar refractivity (Wildman–Crippen MR) is 60.8 cm³/mol. The minimum atomic E-state index is -1.35. The van der Waals surface area contributed by atoms with Crippen molar-refractivity contribution >= 4 is 5.96 Å². The smallest absolute Gasteiger partial charge is 0.194 e. The Balaban J connectivity index is 2.35. The van der Waals surface area contributed by atoms with E-state index in [1.807, 2.05) is 0 Å². The van der Waals surface area contributed by atoms with Crippen LogP contribution in [-0.2, 0) is 6.42 Å². The first-order valence-electron chi connectivity index (χ1n) is 5.11. The fourth-order valence-corrected chi connectivity index (χ4v) is 1.69. The van der Waals surface area contributed by atoms with Gasteiger partial charge in [0.2, 0.25) is 0 Å². The first-order chi connectivity index (χ1) is 8.39. The number of halogens is 3. The van der Waals surface area contributed by atoms with E-state index in [9.17, 15) is 13.2 Å². The van der Waals surface area contributed by atoms with Crippen LogP contribution in [0.1, 0.15) is 5.56 Å². The quantitative estimate of drug-likeness (QED) is 0.730. The summed E-state index contributed by atoms with van der Waals surface area (Å²) in [4.78, 5) is 3.86. The Kier molecular flexibility index (Phi) is 3.00. The largest absolute Gasteiger partial charge is 0.370 e. The molecule has 1 aliphatic heterocycles. The third-order valence-corrected chi connectivity index (χ3v) is 2.50. The van der Waals surface area contributed by atoms with Crippen LogP contribution in [-0.4, -0.2) is 11.6 Å². The van der Waals surface area contributed by atoms with Gasteiger partial charge in [0.25, 0.3) is 0 Å². The van der Waals surface area contributed by atoms with E-state index >= 15 is 0 Å². The van der Waals surface area contributed by atoms with E-state index in [1.165, 1.54) is 12.3 Å². The monoisotopic (exact) mass is 256 g/mol. The van der Waals surface area contributed by atoms with Gasteiger partial charge in [-0.15, -0.1) is 0 Å². The number of aliphatic imine (C=N–C) groups is 1. The van der Waals surface area contributed by atoms with E-state index in [2.05, 4.69) is 10.3 Å². The van der Waals surface area contributed by atoms with E-state index in [-0.39, 0.29) is 17.9 Å². The number of guanidine groups is 1. The third-order valence-electron chi connectivity index (χ3n) is 2.50. The summed E-state index contributed by atoms with van der Waals surface area (Å²) in [7, 11) is 0. The summed E-state index contributed by atoms with van der Waals surface area (Å²) in [6, 6.07) is 1.19. The van der Waals surface area contributed by atoms with Crippen LogP contribution in [0.3, 0.4) is 0 Å². The second-order valence-corrected chi connectivity index (χ2v) is 3.99. The molecule has 7 heteroatoms. The molecule has 0 fully saturated rings. The van der Waals surface area contributed by atoms with Crippen molar-refractivity contribution in [3.05, 3.63) is 47.4 Å². The Labute approximate surface area is 101 Å². The van der Waals surface area contributed by atoms with Gasteiger partial charge < -0.3 is 16.8 Å². The zero-order chi connectivity index (χ0) is 13.3. The molecule has 5 N–H and O–H groups in total. The average Bonchev–Trinajstić information content (AvgIpc) is 2.23. The molecule has 1 unspecified atom stereocenters. The molecule has 18 heavy (non-hydrogen) atoms. The number of benzene rings is 1. The lowest BCUT2D eigenvalue weighted by Gasteiger charge is -2.25. The van der Waals surface area contributed by atoms with Gasteiger partial charge in [-0.05, 0) is 6.08 Å². The molecule has 0 spiro atoms. The highest BCUT2D eigenvalue weighted by molar-refractivity contribution is 5.80. The van der Waals surface area contributed by atoms with Crippen LogP contribution in [0.5, 0.6) is 0 Å². The minimum absolute atomic E-state index is 0.0444. The zero-order valence-corrected chi connectivity index (χ0v) is 9.25. The Bertz CT molecular complexity index is 518. The van der Waals surface area contributed by atoms with Gasteiger partial charge >= 0.3 is 0 Å². The molecule has 0 aliphatic carbocycles. The summed E-state index contributed by atoms with van der Waals surface area (Å²) >= 11 is 0. The van der Waals surface area contributed by atoms with Crippen molar-refractivity contribution in [3.8, 4) is 0 Å². The van der Waals surface area contributed by atoms with Crippen molar-refractivity contribution in [3.63, 3.8) is 0 Å². The SMILES string of the molecule is NC1=NC(N)(Cc2c(F)cc(F)cc2F)C=CN1. The van der Waals surface area contributed by atoms with E-state index < -0.39 is 23.1 Å². The number of hydrogen-bond donors (Lipinski definition) is 3. The molecule has 96 valence electrons. The molecule has 0 saturated heterocycles. The van der Waals surface area contributed by atoms with Crippen molar-refractivity contribution in [2.24, 2.45) is 16.5 Å². The maximum absolute atomic E-state index is 13.5. The number of hydrogen-bond acceptors (Lipinski definition) is 4. The molecule has 1 heterocycles. The number of nitrogens with two attached hydrogens (primary N) is 2. The lowest BCUT2D eigenvalue weighted by atomic mass is 9.99. The summed E-state index contributed by atoms with van der Waals surface area (Å²) in [5.74, 6) is -2.94. The fourth-order valence-electron chi connectivity index (χ4n) is 1.69. The van der Waals surface area contributed by atoms with Crippen molar-refractivity contribution in [1.82, 2.24) is 5.32 Å². The lowest BCUT2D eigenvalue weighted by molar-refractivity contribution is 0.477. The first-order valence-corrected chi connectivity index (χ1v) is 5.11. The van der Waals surface area contributed by atoms with E-state index in [0.29, 0.717) is 12.1 Å². The van der Waals surface area contributed by atoms with Crippen LogP contribution < -0.4 is 16.8 Å². The molecule has 1 atom stereocenters. The van der Waals surface area contributed by atoms with Gasteiger partial charge in [-0.25, -0.2) is 18.2 Å². The molecule has 0 bridgehead atoms. The third kappa shape index (κ3) is 2.45. The van der Waals surface area contributed by atoms with Crippen molar-refractivity contribution in [2.75, 3.05) is 0 Å². The van der Waals surface area contributed by atoms with Gasteiger partial charge in [0, 0.05) is 30.3 Å². The molecule has 0 saturated carbocycles. The lowest BCUT2D eigenvalue weighted by Crippen LogP contribution is -2.46. The normalized spacial score (nSPS) is 22.6. The highest BCUT2D eigenvalue weighted by Gasteiger charge is 2.27. The molecular formula is C11H11F3N4. The van der Waals surface area contributed by atoms with Crippen LogP contribution in [0.2, 0.25) is 0 Å². The Morgan fingerprint density at radius 2 is 1.83 bits per heavy atom. The van der Waals surface area contributed by atoms with E-state index in [0.717, 1.165) is 0 Å². The molecule has 1 aromatic rings. The molecule has 1 aromatic carbocycles. The summed E-state index contributed by atoms with van der Waals surface area (Å²) in [5.41, 5.74) is 9.58. The van der Waals surface area contributed by atoms with Gasteiger partial charge in [0.05, 0.1) is 0 Å². The molecular weight excluding hydrogens is 245 g/mol. The van der Waals surface area contributed by atoms with Gasteiger partial charge in [0.1, 0.15) is 23.1 Å². The predicted octanol–water partition coefficient (Wildman–Crippen LogP) is 0.733. The maximum atomic E-state index is 13.5. The van der Waals surface area contributed by atoms with E-state index in [4.69, 9.17) is 11.5 Å². The van der Waals surface area contributed by atoms with Crippen molar-refractivity contribution in [2.45, 2.75) is 12.1 Å². The summed E-state index contributed by atoms with van der Waals surface area (Å²) in [5, 5.41) is 2.58. The van der Waals surface area contributed by atoms with Crippen LogP contribution in [0.25, 0.3) is 0 Å². The first kappa shape index (κ1) is 12.4. The summed E-state index contributed by atoms with van der Waals surface area (Å²) in [6.45, 7) is 0. The van der Waals surface area contributed by atoms with Crippen LogP contribution in [0.4, 0.5) is 13.2 Å². The summed E-state index contributed by atoms with van der Waals surface area (Å²) < 4.78 is 39.7. The summed E-state index contributed by atoms with van der Waals surface area (Å²) in [6.07, 6.45) is 2.59. The molecule has 4 nitrogen and oxygen atoms in total. The topological polar surface area (TPSA) is 76.4 Å². The molecule has 0 amide bonds. The Hall–Kier alpha value is -2.02. The zero-order valence-electron chi connectivity index (χ0n) is 9.25. The van der Waals surface area contributed by atoms with E-state index in [1.54, 1.807) is 0 Å². The highest BCUT2D eigenvalue weighted by Crippen LogP contribution is 2.22. The average molecular weight is 256 g/mol. The molecule has 1 aliphatic rings. The fraction of sp³-hybridized carbons (Fsp3) is 0.182. The van der Waals surface area contributed by atoms with Gasteiger partial charge in [-0.2, -0.15) is 0 Å². The Morgan fingerprint density at radius 1 is 1.22 bits per heavy atom. The van der Waals surface area contributed by atoms with Gasteiger partial charge in [-0.1, -0.05) is 0 Å². The van der Waals surface area contributed by atoms with Gasteiger partial charge in [0.15, 0.2) is 5.96 Å². The van der Waals surface area contributed by atoms with Crippen LogP contribution in [0, 0.1) is 17.5 Å². The van der Waals surface area contributed by atoms with Crippen LogP contribution in [0.15, 0.2) is 29.4 Å². The number of rotatable bonds is 2. The number of nitrogens with zero attached hydrogens (tertiary/aromatic N) is 1. The number of nitrogens with one attached hydrogen (secondary N) is 1.